The van der Waals surface area contributed by atoms with Crippen molar-refractivity contribution in [3.8, 4) is 0 Å². The van der Waals surface area contributed by atoms with Gasteiger partial charge in [0.05, 0.1) is 0 Å². The smallest absolute Gasteiger partial charge is 0.0328 e. The van der Waals surface area contributed by atoms with Crippen LogP contribution in [0.2, 0.25) is 0 Å². The zero-order valence-corrected chi connectivity index (χ0v) is 12.4. The molecule has 0 aromatic carbocycles. The van der Waals surface area contributed by atoms with E-state index in [1.54, 1.807) is 0 Å². The van der Waals surface area contributed by atoms with E-state index in [4.69, 9.17) is 0 Å². The fourth-order valence-electron chi connectivity index (χ4n) is 2.67. The number of rotatable bonds is 11. The molecule has 18 heavy (non-hydrogen) atoms. The van der Waals surface area contributed by atoms with Crippen molar-refractivity contribution in [3.05, 3.63) is 24.5 Å². The van der Waals surface area contributed by atoms with Crippen LogP contribution < -0.4 is 0 Å². The van der Waals surface area contributed by atoms with Crippen molar-refractivity contribution < 1.29 is 0 Å². The van der Waals surface area contributed by atoms with E-state index < -0.39 is 0 Å². The Hall–Kier alpha value is -0.720. The molecule has 1 heterocycles. The van der Waals surface area contributed by atoms with E-state index in [-0.39, 0.29) is 0 Å². The molecule has 1 unspecified atom stereocenters. The second kappa shape index (κ2) is 10.2. The third-order valence-corrected chi connectivity index (χ3v) is 3.91. The van der Waals surface area contributed by atoms with Gasteiger partial charge in [-0.15, -0.1) is 0 Å². The van der Waals surface area contributed by atoms with Crippen LogP contribution in [0.4, 0.5) is 0 Å². The van der Waals surface area contributed by atoms with Gasteiger partial charge in [0, 0.05) is 18.4 Å². The highest BCUT2D eigenvalue weighted by Crippen LogP contribution is 2.20. The summed E-state index contributed by atoms with van der Waals surface area (Å²) in [6.45, 7) is 4.58. The van der Waals surface area contributed by atoms with Crippen LogP contribution in [0.15, 0.2) is 24.5 Å². The molecule has 0 fully saturated rings. The lowest BCUT2D eigenvalue weighted by atomic mass is 10.0. The van der Waals surface area contributed by atoms with Gasteiger partial charge in [-0.05, 0) is 25.0 Å². The van der Waals surface area contributed by atoms with Gasteiger partial charge in [0.25, 0.3) is 0 Å². The summed E-state index contributed by atoms with van der Waals surface area (Å²) in [7, 11) is 0. The van der Waals surface area contributed by atoms with E-state index in [2.05, 4.69) is 42.9 Å². The minimum Gasteiger partial charge on any atom is -0.351 e. The molecular weight excluding hydrogens is 218 g/mol. The van der Waals surface area contributed by atoms with E-state index in [1.165, 1.54) is 64.2 Å². The molecule has 1 aromatic heterocycles. The molecule has 0 N–H and O–H groups in total. The number of hydrogen-bond donors (Lipinski definition) is 0. The zero-order valence-electron chi connectivity index (χ0n) is 12.4. The van der Waals surface area contributed by atoms with Crippen molar-refractivity contribution >= 4 is 0 Å². The van der Waals surface area contributed by atoms with Crippen LogP contribution in [0.25, 0.3) is 0 Å². The Balaban J connectivity index is 1.99. The average Bonchev–Trinajstić information content (AvgIpc) is 2.91. The molecule has 1 nitrogen and oxygen atoms in total. The highest BCUT2D eigenvalue weighted by atomic mass is 15.0. The Morgan fingerprint density at radius 1 is 0.778 bits per heavy atom. The fraction of sp³-hybridized carbons (Fsp3) is 0.765. The van der Waals surface area contributed by atoms with Crippen molar-refractivity contribution in [2.75, 3.05) is 0 Å². The van der Waals surface area contributed by atoms with Gasteiger partial charge in [-0.1, -0.05) is 65.2 Å². The third kappa shape index (κ3) is 6.28. The van der Waals surface area contributed by atoms with Crippen molar-refractivity contribution in [1.29, 1.82) is 0 Å². The van der Waals surface area contributed by atoms with Crippen LogP contribution in [-0.4, -0.2) is 4.57 Å². The molecular formula is C17H31N. The van der Waals surface area contributed by atoms with Crippen LogP contribution in [0.5, 0.6) is 0 Å². The Bertz CT molecular complexity index is 263. The molecule has 0 saturated carbocycles. The summed E-state index contributed by atoms with van der Waals surface area (Å²) in [5, 5.41) is 0. The Kier molecular flexibility index (Phi) is 8.71. The van der Waals surface area contributed by atoms with Gasteiger partial charge in [0.1, 0.15) is 0 Å². The summed E-state index contributed by atoms with van der Waals surface area (Å²) >= 11 is 0. The monoisotopic (exact) mass is 249 g/mol. The summed E-state index contributed by atoms with van der Waals surface area (Å²) in [4.78, 5) is 0. The minimum absolute atomic E-state index is 0.722. The first-order valence-corrected chi connectivity index (χ1v) is 8.01. The molecule has 1 atom stereocenters. The maximum absolute atomic E-state index is 2.38. The molecule has 0 aliphatic rings. The normalized spacial score (nSPS) is 12.8. The fourth-order valence-corrected chi connectivity index (χ4v) is 2.67. The lowest BCUT2D eigenvalue weighted by Gasteiger charge is -2.16. The maximum atomic E-state index is 2.38. The Morgan fingerprint density at radius 3 is 1.89 bits per heavy atom. The number of hydrogen-bond acceptors (Lipinski definition) is 0. The summed E-state index contributed by atoms with van der Waals surface area (Å²) in [6.07, 6.45) is 18.4. The maximum Gasteiger partial charge on any atom is 0.0328 e. The van der Waals surface area contributed by atoms with E-state index in [0.717, 1.165) is 6.04 Å². The standard InChI is InChI=1S/C17H31N/c1-3-5-6-7-8-9-10-11-14-17(4-2)18-15-12-13-16-18/h12-13,15-17H,3-11,14H2,1-2H3. The highest BCUT2D eigenvalue weighted by Gasteiger charge is 2.06. The molecule has 0 amide bonds. The molecule has 0 spiro atoms. The van der Waals surface area contributed by atoms with Gasteiger partial charge in [-0.3, -0.25) is 0 Å². The summed E-state index contributed by atoms with van der Waals surface area (Å²) in [5.74, 6) is 0. The quantitative estimate of drug-likeness (QED) is 0.426. The van der Waals surface area contributed by atoms with Crippen LogP contribution in [0.3, 0.4) is 0 Å². The van der Waals surface area contributed by atoms with Crippen LogP contribution in [0.1, 0.15) is 84.1 Å². The van der Waals surface area contributed by atoms with Gasteiger partial charge in [0.15, 0.2) is 0 Å². The molecule has 104 valence electrons. The SMILES string of the molecule is CCCCCCCCCCC(CC)n1cccc1. The summed E-state index contributed by atoms with van der Waals surface area (Å²) in [6, 6.07) is 4.99. The second-order valence-electron chi connectivity index (χ2n) is 5.46. The van der Waals surface area contributed by atoms with Gasteiger partial charge >= 0.3 is 0 Å². The average molecular weight is 249 g/mol. The first-order chi connectivity index (χ1) is 8.88. The number of aromatic nitrogens is 1. The highest BCUT2D eigenvalue weighted by molar-refractivity contribution is 4.92. The van der Waals surface area contributed by atoms with Gasteiger partial charge < -0.3 is 4.57 Å². The van der Waals surface area contributed by atoms with Gasteiger partial charge in [0.2, 0.25) is 0 Å². The minimum atomic E-state index is 0.722. The molecule has 0 aliphatic carbocycles. The van der Waals surface area contributed by atoms with Crippen molar-refractivity contribution in [3.63, 3.8) is 0 Å². The molecule has 1 aromatic rings. The van der Waals surface area contributed by atoms with E-state index in [1.807, 2.05) is 0 Å². The van der Waals surface area contributed by atoms with Gasteiger partial charge in [-0.25, -0.2) is 0 Å². The molecule has 1 heteroatoms. The first-order valence-electron chi connectivity index (χ1n) is 8.01. The molecule has 0 aliphatic heterocycles. The predicted octanol–water partition coefficient (Wildman–Crippen LogP) is 5.97. The lowest BCUT2D eigenvalue weighted by molar-refractivity contribution is 0.426. The number of nitrogens with zero attached hydrogens (tertiary/aromatic N) is 1. The molecule has 0 saturated heterocycles. The Labute approximate surface area is 114 Å². The lowest BCUT2D eigenvalue weighted by Crippen LogP contribution is -2.05. The molecule has 1 rings (SSSR count). The third-order valence-electron chi connectivity index (χ3n) is 3.91. The Morgan fingerprint density at radius 2 is 1.33 bits per heavy atom. The first kappa shape index (κ1) is 15.3. The van der Waals surface area contributed by atoms with Crippen molar-refractivity contribution in [1.82, 2.24) is 4.57 Å². The largest absolute Gasteiger partial charge is 0.351 e. The molecule has 0 bridgehead atoms. The molecule has 0 radical (unpaired) electrons. The van der Waals surface area contributed by atoms with Gasteiger partial charge in [-0.2, -0.15) is 0 Å². The number of unbranched alkanes of at least 4 members (excludes halogenated alkanes) is 7. The van der Waals surface area contributed by atoms with E-state index in [0.29, 0.717) is 0 Å². The van der Waals surface area contributed by atoms with Crippen LogP contribution >= 0.6 is 0 Å². The van der Waals surface area contributed by atoms with Crippen molar-refractivity contribution in [2.45, 2.75) is 84.1 Å². The zero-order chi connectivity index (χ0) is 13.1. The van der Waals surface area contributed by atoms with E-state index >= 15 is 0 Å². The predicted molar refractivity (Wildman–Crippen MR) is 81.0 cm³/mol. The second-order valence-corrected chi connectivity index (χ2v) is 5.46. The van der Waals surface area contributed by atoms with Crippen LogP contribution in [-0.2, 0) is 0 Å². The van der Waals surface area contributed by atoms with E-state index in [9.17, 15) is 0 Å². The summed E-state index contributed by atoms with van der Waals surface area (Å²) in [5.41, 5.74) is 0. The van der Waals surface area contributed by atoms with Crippen LogP contribution in [0, 0.1) is 0 Å². The summed E-state index contributed by atoms with van der Waals surface area (Å²) < 4.78 is 2.38. The topological polar surface area (TPSA) is 4.93 Å². The van der Waals surface area contributed by atoms with Crippen molar-refractivity contribution in [2.24, 2.45) is 0 Å².